The van der Waals surface area contributed by atoms with Crippen molar-refractivity contribution in [2.75, 3.05) is 37.4 Å². The van der Waals surface area contributed by atoms with E-state index >= 15 is 0 Å². The van der Waals surface area contributed by atoms with Crippen molar-refractivity contribution >= 4 is 17.7 Å². The molecule has 0 aromatic carbocycles. The molecule has 9 nitrogen and oxygen atoms in total. The summed E-state index contributed by atoms with van der Waals surface area (Å²) in [6.07, 6.45) is 3.97. The molecule has 3 rings (SSSR count). The number of aryl methyl sites for hydroxylation is 1. The summed E-state index contributed by atoms with van der Waals surface area (Å²) in [5, 5.41) is 10.3. The molecule has 3 heterocycles. The molecule has 1 saturated heterocycles. The summed E-state index contributed by atoms with van der Waals surface area (Å²) in [5.74, 6) is 2.07. The van der Waals surface area contributed by atoms with Gasteiger partial charge >= 0.3 is 6.03 Å². The van der Waals surface area contributed by atoms with Gasteiger partial charge < -0.3 is 14.5 Å². The maximum Gasteiger partial charge on any atom is 0.323 e. The van der Waals surface area contributed by atoms with Gasteiger partial charge in [-0.25, -0.2) is 14.5 Å². The highest BCUT2D eigenvalue weighted by atomic mass is 16.5. The number of ether oxygens (including phenoxy) is 1. The van der Waals surface area contributed by atoms with Crippen LogP contribution in [0.4, 0.5) is 16.4 Å². The number of nitrogens with zero attached hydrogens (tertiary/aromatic N) is 6. The van der Waals surface area contributed by atoms with E-state index in [1.165, 1.54) is 10.9 Å². The SMILES string of the molecule is CN(C)c1ncccc1O[C@H]1CCN(C(=O)Nc2cnnn2C)C1. The van der Waals surface area contributed by atoms with Gasteiger partial charge in [0.15, 0.2) is 17.4 Å². The lowest BCUT2D eigenvalue weighted by Crippen LogP contribution is -2.35. The summed E-state index contributed by atoms with van der Waals surface area (Å²) < 4.78 is 7.57. The quantitative estimate of drug-likeness (QED) is 0.898. The van der Waals surface area contributed by atoms with E-state index in [9.17, 15) is 4.79 Å². The van der Waals surface area contributed by atoms with Crippen molar-refractivity contribution in [2.24, 2.45) is 7.05 Å². The van der Waals surface area contributed by atoms with E-state index in [1.807, 2.05) is 31.1 Å². The fourth-order valence-corrected chi connectivity index (χ4v) is 2.59. The lowest BCUT2D eigenvalue weighted by Gasteiger charge is -2.20. The van der Waals surface area contributed by atoms with Gasteiger partial charge in [0.2, 0.25) is 0 Å². The van der Waals surface area contributed by atoms with E-state index in [0.717, 1.165) is 18.0 Å². The van der Waals surface area contributed by atoms with Crippen molar-refractivity contribution < 1.29 is 9.53 Å². The normalized spacial score (nSPS) is 17.0. The Kier molecular flexibility index (Phi) is 4.50. The summed E-state index contributed by atoms with van der Waals surface area (Å²) in [4.78, 5) is 20.3. The fourth-order valence-electron chi connectivity index (χ4n) is 2.59. The van der Waals surface area contributed by atoms with Crippen LogP contribution in [0, 0.1) is 0 Å². The molecule has 1 aliphatic heterocycles. The van der Waals surface area contributed by atoms with Crippen LogP contribution in [0.25, 0.3) is 0 Å². The predicted molar refractivity (Wildman–Crippen MR) is 89.2 cm³/mol. The molecule has 2 aromatic heterocycles. The number of pyridine rings is 1. The van der Waals surface area contributed by atoms with E-state index in [0.29, 0.717) is 18.9 Å². The molecule has 9 heteroatoms. The smallest absolute Gasteiger partial charge is 0.323 e. The second-order valence-electron chi connectivity index (χ2n) is 5.87. The van der Waals surface area contributed by atoms with Crippen LogP contribution in [-0.2, 0) is 7.05 Å². The molecule has 0 unspecified atom stereocenters. The number of rotatable bonds is 4. The standard InChI is InChI=1S/C15H21N7O2/c1-20(2)14-12(5-4-7-16-14)24-11-6-8-22(10-11)15(23)18-13-9-17-19-21(13)3/h4-5,7,9,11H,6,8,10H2,1-3H3,(H,18,23)/t11-/m0/s1. The Balaban J connectivity index is 1.60. The number of carbonyl (C=O) groups excluding carboxylic acids is 1. The van der Waals surface area contributed by atoms with Gasteiger partial charge in [0.25, 0.3) is 0 Å². The number of hydrogen-bond donors (Lipinski definition) is 1. The average molecular weight is 331 g/mol. The van der Waals surface area contributed by atoms with Gasteiger partial charge in [0, 0.05) is 40.3 Å². The summed E-state index contributed by atoms with van der Waals surface area (Å²) in [7, 11) is 5.57. The minimum atomic E-state index is -0.175. The Bertz CT molecular complexity index is 715. The number of nitrogens with one attached hydrogen (secondary N) is 1. The lowest BCUT2D eigenvalue weighted by molar-refractivity contribution is 0.195. The third-order valence-corrected chi connectivity index (χ3v) is 3.85. The van der Waals surface area contributed by atoms with Gasteiger partial charge in [-0.2, -0.15) is 0 Å². The Hall–Kier alpha value is -2.84. The van der Waals surface area contributed by atoms with Crippen molar-refractivity contribution in [1.29, 1.82) is 0 Å². The van der Waals surface area contributed by atoms with E-state index in [4.69, 9.17) is 4.74 Å². The minimum Gasteiger partial charge on any atom is -0.485 e. The number of urea groups is 1. The van der Waals surface area contributed by atoms with Crippen LogP contribution in [0.1, 0.15) is 6.42 Å². The molecular weight excluding hydrogens is 310 g/mol. The Morgan fingerprint density at radius 3 is 3.00 bits per heavy atom. The second-order valence-corrected chi connectivity index (χ2v) is 5.87. The molecule has 24 heavy (non-hydrogen) atoms. The van der Waals surface area contributed by atoms with E-state index in [-0.39, 0.29) is 12.1 Å². The molecule has 2 aromatic rings. The number of amides is 2. The molecule has 1 atom stereocenters. The first-order chi connectivity index (χ1) is 11.5. The van der Waals surface area contributed by atoms with Crippen LogP contribution in [-0.4, -0.2) is 64.2 Å². The molecule has 0 bridgehead atoms. The highest BCUT2D eigenvalue weighted by Gasteiger charge is 2.28. The molecule has 1 aliphatic rings. The molecule has 2 amide bonds. The first-order valence-corrected chi connectivity index (χ1v) is 7.74. The Morgan fingerprint density at radius 2 is 2.29 bits per heavy atom. The number of aromatic nitrogens is 4. The van der Waals surface area contributed by atoms with E-state index in [1.54, 1.807) is 18.1 Å². The Morgan fingerprint density at radius 1 is 1.46 bits per heavy atom. The zero-order chi connectivity index (χ0) is 17.1. The highest BCUT2D eigenvalue weighted by Crippen LogP contribution is 2.26. The lowest BCUT2D eigenvalue weighted by atomic mass is 10.3. The molecule has 0 saturated carbocycles. The van der Waals surface area contributed by atoms with E-state index in [2.05, 4.69) is 20.6 Å². The zero-order valence-electron chi connectivity index (χ0n) is 14.0. The average Bonchev–Trinajstić information content (AvgIpc) is 3.17. The third-order valence-electron chi connectivity index (χ3n) is 3.85. The monoisotopic (exact) mass is 331 g/mol. The van der Waals surface area contributed by atoms with Crippen molar-refractivity contribution in [1.82, 2.24) is 24.9 Å². The number of hydrogen-bond acceptors (Lipinski definition) is 6. The van der Waals surface area contributed by atoms with Crippen molar-refractivity contribution in [3.8, 4) is 5.75 Å². The van der Waals surface area contributed by atoms with Gasteiger partial charge in [0.05, 0.1) is 12.7 Å². The van der Waals surface area contributed by atoms with Crippen LogP contribution in [0.3, 0.4) is 0 Å². The highest BCUT2D eigenvalue weighted by molar-refractivity contribution is 5.88. The van der Waals surface area contributed by atoms with Crippen LogP contribution >= 0.6 is 0 Å². The molecule has 1 fully saturated rings. The number of anilines is 2. The maximum absolute atomic E-state index is 12.3. The molecule has 0 aliphatic carbocycles. The van der Waals surface area contributed by atoms with Gasteiger partial charge in [-0.05, 0) is 12.1 Å². The zero-order valence-corrected chi connectivity index (χ0v) is 14.0. The summed E-state index contributed by atoms with van der Waals surface area (Å²) in [5.41, 5.74) is 0. The Labute approximate surface area is 140 Å². The molecule has 0 radical (unpaired) electrons. The van der Waals surface area contributed by atoms with Gasteiger partial charge in [0.1, 0.15) is 6.10 Å². The van der Waals surface area contributed by atoms with Crippen molar-refractivity contribution in [2.45, 2.75) is 12.5 Å². The maximum atomic E-state index is 12.3. The topological polar surface area (TPSA) is 88.4 Å². The van der Waals surface area contributed by atoms with Gasteiger partial charge in [-0.1, -0.05) is 5.21 Å². The van der Waals surface area contributed by atoms with Gasteiger partial charge in [-0.15, -0.1) is 5.10 Å². The van der Waals surface area contributed by atoms with Crippen LogP contribution in [0.15, 0.2) is 24.5 Å². The minimum absolute atomic E-state index is 0.0525. The molecule has 0 spiro atoms. The number of likely N-dealkylation sites (tertiary alicyclic amines) is 1. The molecule has 128 valence electrons. The fraction of sp³-hybridized carbons (Fsp3) is 0.467. The summed E-state index contributed by atoms with van der Waals surface area (Å²) in [6.45, 7) is 1.16. The largest absolute Gasteiger partial charge is 0.485 e. The van der Waals surface area contributed by atoms with E-state index < -0.39 is 0 Å². The van der Waals surface area contributed by atoms with Crippen molar-refractivity contribution in [3.05, 3.63) is 24.5 Å². The van der Waals surface area contributed by atoms with Crippen LogP contribution in [0.2, 0.25) is 0 Å². The number of carbonyl (C=O) groups is 1. The van der Waals surface area contributed by atoms with Crippen molar-refractivity contribution in [3.63, 3.8) is 0 Å². The second kappa shape index (κ2) is 6.73. The molecule has 1 N–H and O–H groups in total. The van der Waals surface area contributed by atoms with Gasteiger partial charge in [-0.3, -0.25) is 5.32 Å². The third kappa shape index (κ3) is 3.39. The van der Waals surface area contributed by atoms with Crippen LogP contribution < -0.4 is 15.0 Å². The first kappa shape index (κ1) is 16.0. The predicted octanol–water partition coefficient (Wildman–Crippen LogP) is 0.961. The summed E-state index contributed by atoms with van der Waals surface area (Å²) >= 11 is 0. The van der Waals surface area contributed by atoms with Crippen LogP contribution in [0.5, 0.6) is 5.75 Å². The summed E-state index contributed by atoms with van der Waals surface area (Å²) in [6, 6.07) is 3.56. The molecular formula is C15H21N7O2. The first-order valence-electron chi connectivity index (χ1n) is 7.74.